The van der Waals surface area contributed by atoms with E-state index in [-0.39, 0.29) is 25.5 Å². The number of carbonyl (C=O) groups excluding carboxylic acids is 1. The number of aromatic nitrogens is 1. The molecule has 0 saturated carbocycles. The zero-order valence-corrected chi connectivity index (χ0v) is 15.0. The first kappa shape index (κ1) is 18.6. The molecule has 26 heavy (non-hydrogen) atoms. The number of nitrogens with zero attached hydrogens (tertiary/aromatic N) is 1. The van der Waals surface area contributed by atoms with Crippen LogP contribution >= 0.6 is 0 Å². The molecule has 0 spiro atoms. The van der Waals surface area contributed by atoms with Gasteiger partial charge in [-0.3, -0.25) is 0 Å². The minimum Gasteiger partial charge on any atom is -0.361 e. The summed E-state index contributed by atoms with van der Waals surface area (Å²) >= 11 is 0. The molecule has 0 aliphatic carbocycles. The van der Waals surface area contributed by atoms with Crippen molar-refractivity contribution in [3.63, 3.8) is 0 Å². The average Bonchev–Trinajstić information content (AvgIpc) is 2.96. The van der Waals surface area contributed by atoms with Crippen molar-refractivity contribution in [2.24, 2.45) is 11.3 Å². The summed E-state index contributed by atoms with van der Waals surface area (Å²) in [5.41, 5.74) is 1.17. The zero-order chi connectivity index (χ0) is 18.9. The number of halogens is 3. The summed E-state index contributed by atoms with van der Waals surface area (Å²) in [6.45, 7) is 3.84. The van der Waals surface area contributed by atoms with Crippen LogP contribution in [0.2, 0.25) is 0 Å². The van der Waals surface area contributed by atoms with Crippen LogP contribution in [0.15, 0.2) is 30.5 Å². The summed E-state index contributed by atoms with van der Waals surface area (Å²) < 4.78 is 39.4. The van der Waals surface area contributed by atoms with Crippen LogP contribution in [0.4, 0.5) is 18.0 Å². The molecule has 1 fully saturated rings. The number of rotatable bonds is 3. The van der Waals surface area contributed by atoms with Crippen LogP contribution in [0.5, 0.6) is 0 Å². The van der Waals surface area contributed by atoms with E-state index in [9.17, 15) is 18.0 Å². The van der Waals surface area contributed by atoms with E-state index in [0.29, 0.717) is 13.0 Å². The normalized spacial score (nSPS) is 20.3. The molecular weight excluding hydrogens is 343 g/mol. The lowest BCUT2D eigenvalue weighted by Gasteiger charge is -2.44. The molecule has 142 valence electrons. The highest BCUT2D eigenvalue weighted by atomic mass is 19.4. The van der Waals surface area contributed by atoms with Crippen molar-refractivity contribution in [1.29, 1.82) is 0 Å². The topological polar surface area (TPSA) is 48.1 Å². The Morgan fingerprint density at radius 3 is 2.77 bits per heavy atom. The number of fused-ring (bicyclic) bond motifs is 1. The van der Waals surface area contributed by atoms with Gasteiger partial charge in [-0.1, -0.05) is 32.0 Å². The Labute approximate surface area is 150 Å². The molecule has 1 aromatic heterocycles. The molecule has 1 aliphatic rings. The van der Waals surface area contributed by atoms with Gasteiger partial charge in [-0.05, 0) is 29.9 Å². The number of para-hydroxylation sites is 1. The van der Waals surface area contributed by atoms with E-state index < -0.39 is 17.5 Å². The van der Waals surface area contributed by atoms with Gasteiger partial charge in [0.15, 0.2) is 0 Å². The van der Waals surface area contributed by atoms with Crippen molar-refractivity contribution < 1.29 is 18.0 Å². The van der Waals surface area contributed by atoms with E-state index in [1.54, 1.807) is 13.8 Å². The zero-order valence-electron chi connectivity index (χ0n) is 15.0. The quantitative estimate of drug-likeness (QED) is 0.833. The van der Waals surface area contributed by atoms with Crippen LogP contribution in [-0.2, 0) is 6.42 Å². The third kappa shape index (κ3) is 3.81. The van der Waals surface area contributed by atoms with Crippen LogP contribution in [0.25, 0.3) is 10.9 Å². The fourth-order valence-electron chi connectivity index (χ4n) is 3.89. The summed E-state index contributed by atoms with van der Waals surface area (Å²) in [4.78, 5) is 17.0. The Hall–Kier alpha value is -2.18. The molecule has 0 bridgehead atoms. The van der Waals surface area contributed by atoms with Crippen LogP contribution < -0.4 is 5.32 Å². The van der Waals surface area contributed by atoms with E-state index >= 15 is 0 Å². The summed E-state index contributed by atoms with van der Waals surface area (Å²) in [6, 6.07) is 7.64. The van der Waals surface area contributed by atoms with Gasteiger partial charge in [-0.15, -0.1) is 0 Å². The van der Waals surface area contributed by atoms with Crippen LogP contribution in [0.3, 0.4) is 0 Å². The molecule has 1 aromatic carbocycles. The lowest BCUT2D eigenvalue weighted by atomic mass is 9.73. The maximum atomic E-state index is 13.1. The van der Waals surface area contributed by atoms with Gasteiger partial charge >= 0.3 is 12.2 Å². The maximum absolute atomic E-state index is 13.1. The second-order valence-electron chi connectivity index (χ2n) is 7.63. The number of piperidine rings is 1. The first-order valence-electron chi connectivity index (χ1n) is 8.83. The van der Waals surface area contributed by atoms with Gasteiger partial charge in [0, 0.05) is 36.7 Å². The molecular formula is C19H24F3N3O. The number of H-pyrrole nitrogens is 1. The number of benzene rings is 1. The van der Waals surface area contributed by atoms with Gasteiger partial charge in [0.05, 0.1) is 5.92 Å². The Morgan fingerprint density at radius 2 is 2.08 bits per heavy atom. The smallest absolute Gasteiger partial charge is 0.361 e. The van der Waals surface area contributed by atoms with Crippen molar-refractivity contribution in [2.75, 3.05) is 19.6 Å². The molecule has 4 nitrogen and oxygen atoms in total. The molecule has 1 unspecified atom stereocenters. The van der Waals surface area contributed by atoms with Crippen molar-refractivity contribution in [2.45, 2.75) is 32.9 Å². The average molecular weight is 367 g/mol. The molecule has 2 heterocycles. The summed E-state index contributed by atoms with van der Waals surface area (Å²) in [7, 11) is 0. The SMILES string of the molecule is CC1(C)CN(C(=O)NCCc2c[nH]c3ccccc23)CCC1C(F)(F)F. The first-order valence-corrected chi connectivity index (χ1v) is 8.83. The third-order valence-electron chi connectivity index (χ3n) is 5.26. The molecule has 1 aliphatic heterocycles. The number of alkyl halides is 3. The maximum Gasteiger partial charge on any atom is 0.392 e. The standard InChI is InChI=1S/C19H24F3N3O/c1-18(2)12-25(10-8-16(18)19(20,21)22)17(26)23-9-7-13-11-24-15-6-4-3-5-14(13)15/h3-6,11,16,24H,7-10,12H2,1-2H3,(H,23,26). The molecule has 2 N–H and O–H groups in total. The van der Waals surface area contributed by atoms with Gasteiger partial charge in [0.25, 0.3) is 0 Å². The highest BCUT2D eigenvalue weighted by Gasteiger charge is 2.51. The number of amides is 2. The molecule has 0 radical (unpaired) electrons. The van der Waals surface area contributed by atoms with Crippen molar-refractivity contribution in [1.82, 2.24) is 15.2 Å². The van der Waals surface area contributed by atoms with Gasteiger partial charge < -0.3 is 15.2 Å². The Morgan fingerprint density at radius 1 is 1.35 bits per heavy atom. The Balaban J connectivity index is 1.54. The number of carbonyl (C=O) groups is 1. The fraction of sp³-hybridized carbons (Fsp3) is 0.526. The number of urea groups is 1. The first-order chi connectivity index (χ1) is 12.2. The Kier molecular flexibility index (Phi) is 4.90. The number of hydrogen-bond donors (Lipinski definition) is 2. The van der Waals surface area contributed by atoms with Crippen LogP contribution in [-0.4, -0.2) is 41.7 Å². The van der Waals surface area contributed by atoms with Gasteiger partial charge in [-0.25, -0.2) is 4.79 Å². The minimum absolute atomic E-state index is 0.0492. The van der Waals surface area contributed by atoms with Gasteiger partial charge in [0.2, 0.25) is 0 Å². The van der Waals surface area contributed by atoms with Crippen molar-refractivity contribution in [3.05, 3.63) is 36.0 Å². The lowest BCUT2D eigenvalue weighted by molar-refractivity contribution is -0.214. The van der Waals surface area contributed by atoms with Gasteiger partial charge in [-0.2, -0.15) is 13.2 Å². The third-order valence-corrected chi connectivity index (χ3v) is 5.26. The molecule has 2 aromatic rings. The minimum atomic E-state index is -4.22. The van der Waals surface area contributed by atoms with E-state index in [4.69, 9.17) is 0 Å². The van der Waals surface area contributed by atoms with E-state index in [1.165, 1.54) is 4.90 Å². The summed E-state index contributed by atoms with van der Waals surface area (Å²) in [5, 5.41) is 3.96. The molecule has 7 heteroatoms. The van der Waals surface area contributed by atoms with E-state index in [1.807, 2.05) is 30.5 Å². The second kappa shape index (κ2) is 6.85. The molecule has 2 amide bonds. The summed E-state index contributed by atoms with van der Waals surface area (Å²) in [5.74, 6) is -1.37. The number of aromatic amines is 1. The molecule has 3 rings (SSSR count). The van der Waals surface area contributed by atoms with Crippen LogP contribution in [0.1, 0.15) is 25.8 Å². The van der Waals surface area contributed by atoms with Crippen LogP contribution in [0, 0.1) is 11.3 Å². The number of nitrogens with one attached hydrogen (secondary N) is 2. The number of likely N-dealkylation sites (tertiary alicyclic amines) is 1. The van der Waals surface area contributed by atoms with Crippen molar-refractivity contribution in [3.8, 4) is 0 Å². The predicted molar refractivity (Wildman–Crippen MR) is 94.9 cm³/mol. The van der Waals surface area contributed by atoms with E-state index in [2.05, 4.69) is 10.3 Å². The highest BCUT2D eigenvalue weighted by molar-refractivity contribution is 5.83. The van der Waals surface area contributed by atoms with Crippen molar-refractivity contribution >= 4 is 16.9 Å². The summed E-state index contributed by atoms with van der Waals surface area (Å²) in [6.07, 6.45) is -1.68. The second-order valence-corrected chi connectivity index (χ2v) is 7.63. The predicted octanol–water partition coefficient (Wildman–Crippen LogP) is 4.33. The number of hydrogen-bond acceptors (Lipinski definition) is 1. The molecule has 1 atom stereocenters. The largest absolute Gasteiger partial charge is 0.392 e. The fourth-order valence-corrected chi connectivity index (χ4v) is 3.89. The highest BCUT2D eigenvalue weighted by Crippen LogP contribution is 2.44. The lowest BCUT2D eigenvalue weighted by Crippen LogP contribution is -2.54. The monoisotopic (exact) mass is 367 g/mol. The van der Waals surface area contributed by atoms with Gasteiger partial charge in [0.1, 0.15) is 0 Å². The molecule has 1 saturated heterocycles. The van der Waals surface area contributed by atoms with E-state index in [0.717, 1.165) is 16.5 Å². The Bertz CT molecular complexity index is 782.